The van der Waals surface area contributed by atoms with Crippen LogP contribution in [0.1, 0.15) is 18.7 Å². The average Bonchev–Trinajstić information content (AvgIpc) is 3.24. The van der Waals surface area contributed by atoms with E-state index < -0.39 is 0 Å². The van der Waals surface area contributed by atoms with Gasteiger partial charge in [-0.1, -0.05) is 23.7 Å². The van der Waals surface area contributed by atoms with Gasteiger partial charge in [0.05, 0.1) is 12.1 Å². The van der Waals surface area contributed by atoms with Crippen molar-refractivity contribution < 1.29 is 13.9 Å². The van der Waals surface area contributed by atoms with E-state index in [1.54, 1.807) is 17.8 Å². The zero-order chi connectivity index (χ0) is 18.1. The number of halogens is 1. The molecule has 0 amide bonds. The third-order valence-corrected chi connectivity index (χ3v) is 5.10. The Morgan fingerprint density at radius 3 is 2.81 bits per heavy atom. The minimum Gasteiger partial charge on any atom is -0.457 e. The normalized spacial score (nSPS) is 15.5. The molecule has 3 aromatic rings. The zero-order valence-electron chi connectivity index (χ0n) is 14.4. The van der Waals surface area contributed by atoms with Gasteiger partial charge in [0, 0.05) is 20.1 Å². The van der Waals surface area contributed by atoms with Gasteiger partial charge in [-0.3, -0.25) is 4.79 Å². The van der Waals surface area contributed by atoms with Crippen molar-refractivity contribution in [1.29, 1.82) is 0 Å². The number of nitrogens with zero attached hydrogens (tertiary/aromatic N) is 4. The Balaban J connectivity index is 1.32. The van der Waals surface area contributed by atoms with Gasteiger partial charge >= 0.3 is 5.97 Å². The van der Waals surface area contributed by atoms with Gasteiger partial charge in [-0.15, -0.1) is 0 Å². The van der Waals surface area contributed by atoms with Crippen LogP contribution >= 0.6 is 11.6 Å². The molecule has 0 unspecified atom stereocenters. The van der Waals surface area contributed by atoms with Crippen molar-refractivity contribution in [1.82, 2.24) is 14.5 Å². The molecule has 0 bridgehead atoms. The molecular formula is C18H19ClN4O3. The fourth-order valence-electron chi connectivity index (χ4n) is 3.11. The van der Waals surface area contributed by atoms with Gasteiger partial charge in [0.25, 0.3) is 6.01 Å². The maximum Gasteiger partial charge on any atom is 0.309 e. The number of rotatable bonds is 4. The molecule has 1 aliphatic heterocycles. The largest absolute Gasteiger partial charge is 0.457 e. The smallest absolute Gasteiger partial charge is 0.309 e. The van der Waals surface area contributed by atoms with Crippen LogP contribution in [0.4, 0.5) is 6.01 Å². The molecule has 2 aromatic heterocycles. The van der Waals surface area contributed by atoms with Crippen molar-refractivity contribution >= 4 is 34.7 Å². The molecule has 1 fully saturated rings. The molecule has 3 heterocycles. The number of para-hydroxylation sites is 2. The first-order valence-corrected chi connectivity index (χ1v) is 8.93. The van der Waals surface area contributed by atoms with Gasteiger partial charge < -0.3 is 18.6 Å². The Kier molecular flexibility index (Phi) is 4.55. The standard InChI is InChI=1S/C18H19ClN4O3/c1-22-15(19)10-20-16(22)11-25-17(24)12-6-8-23(9-7-12)18-21-13-4-2-3-5-14(13)26-18/h2-5,10,12H,6-9,11H2,1H3. The Bertz CT molecular complexity index is 895. The van der Waals surface area contributed by atoms with E-state index in [2.05, 4.69) is 14.9 Å². The molecule has 4 rings (SSSR count). The molecule has 0 aliphatic carbocycles. The number of esters is 1. The van der Waals surface area contributed by atoms with Gasteiger partial charge in [-0.25, -0.2) is 4.98 Å². The predicted molar refractivity (Wildman–Crippen MR) is 97.0 cm³/mol. The highest BCUT2D eigenvalue weighted by atomic mass is 35.5. The van der Waals surface area contributed by atoms with E-state index in [4.69, 9.17) is 20.8 Å². The van der Waals surface area contributed by atoms with E-state index in [0.29, 0.717) is 42.9 Å². The highest BCUT2D eigenvalue weighted by molar-refractivity contribution is 6.29. The highest BCUT2D eigenvalue weighted by Crippen LogP contribution is 2.27. The number of aromatic nitrogens is 3. The lowest BCUT2D eigenvalue weighted by atomic mass is 9.97. The second kappa shape index (κ2) is 6.99. The van der Waals surface area contributed by atoms with Crippen LogP contribution in [0.25, 0.3) is 11.1 Å². The van der Waals surface area contributed by atoms with Crippen LogP contribution in [0.15, 0.2) is 34.9 Å². The molecule has 7 nitrogen and oxygen atoms in total. The van der Waals surface area contributed by atoms with Crippen molar-refractivity contribution in [3.63, 3.8) is 0 Å². The topological polar surface area (TPSA) is 73.4 Å². The van der Waals surface area contributed by atoms with Crippen LogP contribution < -0.4 is 4.90 Å². The average molecular weight is 375 g/mol. The van der Waals surface area contributed by atoms with E-state index in [-0.39, 0.29) is 18.5 Å². The molecule has 26 heavy (non-hydrogen) atoms. The quantitative estimate of drug-likeness (QED) is 0.653. The Hall–Kier alpha value is -2.54. The Morgan fingerprint density at radius 1 is 1.35 bits per heavy atom. The summed E-state index contributed by atoms with van der Waals surface area (Å²) in [5.41, 5.74) is 1.62. The summed E-state index contributed by atoms with van der Waals surface area (Å²) >= 11 is 5.94. The summed E-state index contributed by atoms with van der Waals surface area (Å²) in [7, 11) is 1.79. The first-order chi connectivity index (χ1) is 12.6. The van der Waals surface area contributed by atoms with Crippen LogP contribution in [0.2, 0.25) is 5.15 Å². The van der Waals surface area contributed by atoms with E-state index in [1.807, 2.05) is 24.3 Å². The van der Waals surface area contributed by atoms with Gasteiger partial charge in [0.15, 0.2) is 5.58 Å². The third-order valence-electron chi connectivity index (χ3n) is 4.75. The van der Waals surface area contributed by atoms with Crippen LogP contribution in [-0.4, -0.2) is 33.6 Å². The number of oxazole rings is 1. The molecule has 8 heteroatoms. The number of hydrogen-bond acceptors (Lipinski definition) is 6. The molecule has 0 radical (unpaired) electrons. The zero-order valence-corrected chi connectivity index (χ0v) is 15.1. The minimum atomic E-state index is -0.193. The maximum absolute atomic E-state index is 12.3. The lowest BCUT2D eigenvalue weighted by molar-refractivity contribution is -0.150. The van der Waals surface area contributed by atoms with E-state index in [1.165, 1.54) is 0 Å². The number of anilines is 1. The Labute approximate surface area is 155 Å². The number of carbonyl (C=O) groups is 1. The van der Waals surface area contributed by atoms with Crippen molar-refractivity contribution in [3.05, 3.63) is 41.4 Å². The first kappa shape index (κ1) is 16.9. The monoisotopic (exact) mass is 374 g/mol. The maximum atomic E-state index is 12.3. The second-order valence-corrected chi connectivity index (χ2v) is 6.78. The molecule has 0 N–H and O–H groups in total. The molecule has 1 saturated heterocycles. The lowest BCUT2D eigenvalue weighted by Gasteiger charge is -2.29. The summed E-state index contributed by atoms with van der Waals surface area (Å²) in [5, 5.41) is 0.516. The van der Waals surface area contributed by atoms with Crippen molar-refractivity contribution in [3.8, 4) is 0 Å². The summed E-state index contributed by atoms with van der Waals surface area (Å²) in [6, 6.07) is 8.30. The highest BCUT2D eigenvalue weighted by Gasteiger charge is 2.28. The van der Waals surface area contributed by atoms with Gasteiger partial charge in [0.1, 0.15) is 23.1 Å². The number of carbonyl (C=O) groups excluding carboxylic acids is 1. The molecule has 0 atom stereocenters. The molecule has 1 aromatic carbocycles. The van der Waals surface area contributed by atoms with Crippen LogP contribution in [0.5, 0.6) is 0 Å². The number of imidazole rings is 1. The van der Waals surface area contributed by atoms with Gasteiger partial charge in [-0.05, 0) is 25.0 Å². The van der Waals surface area contributed by atoms with Gasteiger partial charge in [-0.2, -0.15) is 4.98 Å². The molecule has 136 valence electrons. The molecule has 0 spiro atoms. The number of fused-ring (bicyclic) bond motifs is 1. The van der Waals surface area contributed by atoms with E-state index in [9.17, 15) is 4.79 Å². The molecule has 0 saturated carbocycles. The first-order valence-electron chi connectivity index (χ1n) is 8.55. The summed E-state index contributed by atoms with van der Waals surface area (Å²) in [5.74, 6) is 0.319. The van der Waals surface area contributed by atoms with Crippen molar-refractivity contribution in [2.45, 2.75) is 19.4 Å². The number of ether oxygens (including phenoxy) is 1. The van der Waals surface area contributed by atoms with Crippen LogP contribution in [-0.2, 0) is 23.2 Å². The molecule has 1 aliphatic rings. The SMILES string of the molecule is Cn1c(Cl)cnc1COC(=O)C1CCN(c2nc3ccccc3o2)CC1. The summed E-state index contributed by atoms with van der Waals surface area (Å²) < 4.78 is 12.9. The summed E-state index contributed by atoms with van der Waals surface area (Å²) in [6.07, 6.45) is 2.96. The number of piperidine rings is 1. The fraction of sp³-hybridized carbons (Fsp3) is 0.389. The minimum absolute atomic E-state index is 0.119. The Morgan fingerprint density at radius 2 is 2.12 bits per heavy atom. The van der Waals surface area contributed by atoms with Crippen molar-refractivity contribution in [2.24, 2.45) is 13.0 Å². The summed E-state index contributed by atoms with van der Waals surface area (Å²) in [6.45, 7) is 1.55. The number of hydrogen-bond donors (Lipinski definition) is 0. The van der Waals surface area contributed by atoms with E-state index in [0.717, 1.165) is 11.1 Å². The molecular weight excluding hydrogens is 356 g/mol. The predicted octanol–water partition coefficient (Wildman–Crippen LogP) is 3.17. The van der Waals surface area contributed by atoms with Crippen LogP contribution in [0.3, 0.4) is 0 Å². The fourth-order valence-corrected chi connectivity index (χ4v) is 3.26. The van der Waals surface area contributed by atoms with Crippen LogP contribution in [0, 0.1) is 5.92 Å². The second-order valence-electron chi connectivity index (χ2n) is 6.39. The van der Waals surface area contributed by atoms with Crippen molar-refractivity contribution in [2.75, 3.05) is 18.0 Å². The van der Waals surface area contributed by atoms with Gasteiger partial charge in [0.2, 0.25) is 0 Å². The lowest BCUT2D eigenvalue weighted by Crippen LogP contribution is -2.37. The third kappa shape index (κ3) is 3.26. The summed E-state index contributed by atoms with van der Waals surface area (Å²) in [4.78, 5) is 23.0. The van der Waals surface area contributed by atoms with E-state index >= 15 is 0 Å². The number of benzene rings is 1.